The van der Waals surface area contributed by atoms with Crippen LogP contribution in [0.1, 0.15) is 54.6 Å². The second-order valence-corrected chi connectivity index (χ2v) is 9.07. The number of aryl methyl sites for hydroxylation is 2. The van der Waals surface area contributed by atoms with Gasteiger partial charge in [0, 0.05) is 5.56 Å². The monoisotopic (exact) mass is 427 g/mol. The lowest BCUT2D eigenvalue weighted by Gasteiger charge is -2.24. The minimum absolute atomic E-state index is 0.0588. The predicted octanol–water partition coefficient (Wildman–Crippen LogP) is 5.25. The summed E-state index contributed by atoms with van der Waals surface area (Å²) in [4.78, 5) is 22.8. The van der Waals surface area contributed by atoms with Crippen molar-refractivity contribution in [2.45, 2.75) is 57.8 Å². The molecular weight excluding hydrogens is 398 g/mol. The van der Waals surface area contributed by atoms with Crippen molar-refractivity contribution in [3.05, 3.63) is 71.0 Å². The van der Waals surface area contributed by atoms with Crippen molar-refractivity contribution in [2.75, 3.05) is 5.32 Å². The summed E-state index contributed by atoms with van der Waals surface area (Å²) in [5.74, 6) is 1.44. The Balaban J connectivity index is 1.47. The number of benzene rings is 2. The van der Waals surface area contributed by atoms with Crippen molar-refractivity contribution < 1.29 is 9.90 Å². The van der Waals surface area contributed by atoms with Gasteiger partial charge in [0.15, 0.2) is 5.82 Å². The number of carbonyl (C=O) groups is 1. The van der Waals surface area contributed by atoms with E-state index >= 15 is 0 Å². The van der Waals surface area contributed by atoms with Crippen molar-refractivity contribution in [1.82, 2.24) is 9.97 Å². The molecule has 2 aromatic carbocycles. The van der Waals surface area contributed by atoms with Crippen LogP contribution in [0.25, 0.3) is 11.3 Å². The van der Waals surface area contributed by atoms with E-state index in [1.165, 1.54) is 32.1 Å². The summed E-state index contributed by atoms with van der Waals surface area (Å²) in [6.45, 7) is 0. The van der Waals surface area contributed by atoms with Gasteiger partial charge in [-0.25, -0.2) is 9.97 Å². The van der Waals surface area contributed by atoms with Gasteiger partial charge in [-0.1, -0.05) is 62.4 Å². The van der Waals surface area contributed by atoms with Crippen molar-refractivity contribution in [3.8, 4) is 17.0 Å². The summed E-state index contributed by atoms with van der Waals surface area (Å²) in [6, 6.07) is 15.3. The molecular formula is C27H29N3O2. The van der Waals surface area contributed by atoms with E-state index in [0.29, 0.717) is 18.2 Å². The van der Waals surface area contributed by atoms with Crippen LogP contribution in [0.5, 0.6) is 5.75 Å². The number of hydrogen-bond acceptors (Lipinski definition) is 4. The predicted molar refractivity (Wildman–Crippen MR) is 126 cm³/mol. The van der Waals surface area contributed by atoms with Gasteiger partial charge in [0.25, 0.3) is 0 Å². The van der Waals surface area contributed by atoms with E-state index in [2.05, 4.69) is 5.32 Å². The quantitative estimate of drug-likeness (QED) is 0.583. The highest BCUT2D eigenvalue weighted by atomic mass is 16.3. The fourth-order valence-electron chi connectivity index (χ4n) is 5.03. The third-order valence-electron chi connectivity index (χ3n) is 6.69. The Hall–Kier alpha value is -3.21. The van der Waals surface area contributed by atoms with Crippen LogP contribution < -0.4 is 5.32 Å². The Morgan fingerprint density at radius 2 is 1.81 bits per heavy atom. The van der Waals surface area contributed by atoms with Crippen LogP contribution in [0.3, 0.4) is 0 Å². The number of phenols is 1. The summed E-state index contributed by atoms with van der Waals surface area (Å²) in [7, 11) is 0. The molecule has 0 bridgehead atoms. The van der Waals surface area contributed by atoms with Gasteiger partial charge in [0.05, 0.1) is 23.5 Å². The van der Waals surface area contributed by atoms with E-state index in [0.717, 1.165) is 53.0 Å². The zero-order valence-corrected chi connectivity index (χ0v) is 18.3. The molecule has 0 aliphatic heterocycles. The van der Waals surface area contributed by atoms with Crippen LogP contribution in [-0.4, -0.2) is 21.0 Å². The van der Waals surface area contributed by atoms with E-state index in [1.54, 1.807) is 6.07 Å². The number of nitrogens with one attached hydrogen (secondary N) is 1. The summed E-state index contributed by atoms with van der Waals surface area (Å²) in [5, 5.41) is 13.0. The number of aromatic nitrogens is 2. The van der Waals surface area contributed by atoms with E-state index in [4.69, 9.17) is 9.97 Å². The zero-order valence-electron chi connectivity index (χ0n) is 18.3. The first-order chi connectivity index (χ1) is 15.7. The third kappa shape index (κ3) is 4.52. The van der Waals surface area contributed by atoms with Crippen LogP contribution in [0, 0.1) is 5.92 Å². The molecule has 2 aliphatic rings. The standard InChI is InChI=1S/C27H29N3O2/c31-21-12-13-22-20(17-21)11-14-23-26(22)28-24(15-18-7-3-1-4-8-18)27(29-23)30-25(32)16-19-9-5-2-6-10-19/h2,5-6,9-10,12-13,17-18,31H,1,3-4,7-8,11,14-16H2,(H,29,30,32). The molecule has 1 fully saturated rings. The van der Waals surface area contributed by atoms with Gasteiger partial charge < -0.3 is 10.4 Å². The number of rotatable bonds is 5. The maximum Gasteiger partial charge on any atom is 0.229 e. The largest absolute Gasteiger partial charge is 0.508 e. The van der Waals surface area contributed by atoms with Crippen LogP contribution in [0.15, 0.2) is 48.5 Å². The average molecular weight is 428 g/mol. The highest BCUT2D eigenvalue weighted by Gasteiger charge is 2.25. The molecule has 1 amide bonds. The molecule has 164 valence electrons. The molecule has 0 unspecified atom stereocenters. The maximum absolute atomic E-state index is 12.8. The summed E-state index contributed by atoms with van der Waals surface area (Å²) >= 11 is 0. The fourth-order valence-corrected chi connectivity index (χ4v) is 5.03. The topological polar surface area (TPSA) is 75.1 Å². The number of carbonyl (C=O) groups excluding carboxylic acids is 1. The SMILES string of the molecule is O=C(Cc1ccccc1)Nc1nc2c(nc1CC1CCCCC1)-c1ccc(O)cc1CC2. The molecule has 5 heteroatoms. The fraction of sp³-hybridized carbons (Fsp3) is 0.370. The highest BCUT2D eigenvalue weighted by Crippen LogP contribution is 2.36. The molecule has 1 aromatic heterocycles. The second kappa shape index (κ2) is 9.11. The summed E-state index contributed by atoms with van der Waals surface area (Å²) in [6.07, 6.45) is 8.99. The van der Waals surface area contributed by atoms with E-state index < -0.39 is 0 Å². The van der Waals surface area contributed by atoms with Crippen molar-refractivity contribution in [1.29, 1.82) is 0 Å². The second-order valence-electron chi connectivity index (χ2n) is 9.07. The Morgan fingerprint density at radius 3 is 2.62 bits per heavy atom. The zero-order chi connectivity index (χ0) is 21.9. The molecule has 5 nitrogen and oxygen atoms in total. The number of fused-ring (bicyclic) bond motifs is 3. The highest BCUT2D eigenvalue weighted by molar-refractivity contribution is 5.92. The molecule has 1 saturated carbocycles. The van der Waals surface area contributed by atoms with Crippen molar-refractivity contribution in [2.24, 2.45) is 5.92 Å². The molecule has 2 N–H and O–H groups in total. The first-order valence-electron chi connectivity index (χ1n) is 11.7. The van der Waals surface area contributed by atoms with Gasteiger partial charge in [0.1, 0.15) is 5.75 Å². The Bertz CT molecular complexity index is 1120. The molecule has 3 aromatic rings. The number of hydrogen-bond donors (Lipinski definition) is 2. The van der Waals surface area contributed by atoms with Gasteiger partial charge in [-0.05, 0) is 54.5 Å². The van der Waals surface area contributed by atoms with Gasteiger partial charge in [-0.3, -0.25) is 4.79 Å². The van der Waals surface area contributed by atoms with Crippen LogP contribution in [-0.2, 0) is 30.5 Å². The number of phenolic OH excluding ortho intramolecular Hbond substituents is 1. The number of anilines is 1. The Labute approximate surface area is 188 Å². The van der Waals surface area contributed by atoms with E-state index in [9.17, 15) is 9.90 Å². The molecule has 0 radical (unpaired) electrons. The first kappa shape index (κ1) is 20.7. The summed E-state index contributed by atoms with van der Waals surface area (Å²) < 4.78 is 0. The molecule has 0 atom stereocenters. The maximum atomic E-state index is 12.8. The van der Waals surface area contributed by atoms with Crippen LogP contribution >= 0.6 is 0 Å². The molecule has 5 rings (SSSR count). The molecule has 2 aliphatic carbocycles. The minimum atomic E-state index is -0.0588. The minimum Gasteiger partial charge on any atom is -0.508 e. The van der Waals surface area contributed by atoms with Gasteiger partial charge in [-0.15, -0.1) is 0 Å². The summed E-state index contributed by atoms with van der Waals surface area (Å²) in [5.41, 5.74) is 5.85. The van der Waals surface area contributed by atoms with E-state index in [1.807, 2.05) is 42.5 Å². The Kier molecular flexibility index (Phi) is 5.89. The molecule has 0 spiro atoms. The molecule has 32 heavy (non-hydrogen) atoms. The lowest BCUT2D eigenvalue weighted by atomic mass is 9.85. The number of aromatic hydroxyl groups is 1. The first-order valence-corrected chi connectivity index (χ1v) is 11.7. The van der Waals surface area contributed by atoms with Crippen LogP contribution in [0.4, 0.5) is 5.82 Å². The Morgan fingerprint density at radius 1 is 1.00 bits per heavy atom. The van der Waals surface area contributed by atoms with Crippen molar-refractivity contribution in [3.63, 3.8) is 0 Å². The normalized spacial score (nSPS) is 15.6. The number of nitrogens with zero attached hydrogens (tertiary/aromatic N) is 2. The molecule has 1 heterocycles. The van der Waals surface area contributed by atoms with E-state index in [-0.39, 0.29) is 11.7 Å². The molecule has 0 saturated heterocycles. The van der Waals surface area contributed by atoms with Gasteiger partial charge in [-0.2, -0.15) is 0 Å². The third-order valence-corrected chi connectivity index (χ3v) is 6.69. The average Bonchev–Trinajstić information content (AvgIpc) is 2.80. The number of amides is 1. The lowest BCUT2D eigenvalue weighted by molar-refractivity contribution is -0.115. The van der Waals surface area contributed by atoms with Crippen LogP contribution in [0.2, 0.25) is 0 Å². The van der Waals surface area contributed by atoms with Gasteiger partial charge >= 0.3 is 0 Å². The van der Waals surface area contributed by atoms with Gasteiger partial charge in [0.2, 0.25) is 5.91 Å². The smallest absolute Gasteiger partial charge is 0.229 e. The van der Waals surface area contributed by atoms with Crippen molar-refractivity contribution >= 4 is 11.7 Å². The lowest BCUT2D eigenvalue weighted by Crippen LogP contribution is -2.21.